The van der Waals surface area contributed by atoms with Crippen LogP contribution in [0.1, 0.15) is 24.8 Å². The molecule has 1 spiro atoms. The highest BCUT2D eigenvalue weighted by Gasteiger charge is 2.42. The molecule has 0 bridgehead atoms. The summed E-state index contributed by atoms with van der Waals surface area (Å²) in [6.45, 7) is 3.58. The summed E-state index contributed by atoms with van der Waals surface area (Å²) in [7, 11) is 2.09. The molecule has 1 atom stereocenters. The second kappa shape index (κ2) is 6.21. The average Bonchev–Trinajstić information content (AvgIpc) is 2.86. The predicted octanol–water partition coefficient (Wildman–Crippen LogP) is 2.82. The molecule has 1 aromatic carbocycles. The zero-order valence-corrected chi connectivity index (χ0v) is 13.1. The molecular formula is C16H22ClFN2O. The largest absolute Gasteiger partial charge is 0.373 e. The van der Waals surface area contributed by atoms with Crippen LogP contribution in [-0.4, -0.2) is 43.3 Å². The SMILES string of the molecule is CN(Cc1ccc(F)cc1Cl)C1COC2(CCNCC2)C1. The molecule has 21 heavy (non-hydrogen) atoms. The first-order valence-electron chi connectivity index (χ1n) is 7.57. The monoisotopic (exact) mass is 312 g/mol. The summed E-state index contributed by atoms with van der Waals surface area (Å²) in [6.07, 6.45) is 3.26. The molecule has 0 saturated carbocycles. The Bertz CT molecular complexity index is 505. The fourth-order valence-corrected chi connectivity index (χ4v) is 3.61. The maximum atomic E-state index is 13.1. The Balaban J connectivity index is 1.62. The van der Waals surface area contributed by atoms with Crippen LogP contribution in [0.15, 0.2) is 18.2 Å². The lowest BCUT2D eigenvalue weighted by atomic mass is 9.88. The van der Waals surface area contributed by atoms with Gasteiger partial charge >= 0.3 is 0 Å². The first-order chi connectivity index (χ1) is 10.1. The van der Waals surface area contributed by atoms with Gasteiger partial charge in [0, 0.05) is 17.6 Å². The molecule has 1 unspecified atom stereocenters. The van der Waals surface area contributed by atoms with Crippen molar-refractivity contribution in [2.45, 2.75) is 37.5 Å². The molecule has 0 amide bonds. The zero-order chi connectivity index (χ0) is 14.9. The summed E-state index contributed by atoms with van der Waals surface area (Å²) < 4.78 is 19.2. The minimum Gasteiger partial charge on any atom is -0.373 e. The number of piperidine rings is 1. The molecule has 0 aliphatic carbocycles. The number of benzene rings is 1. The number of rotatable bonds is 3. The topological polar surface area (TPSA) is 24.5 Å². The van der Waals surface area contributed by atoms with E-state index in [0.717, 1.165) is 51.1 Å². The normalized spacial score (nSPS) is 24.9. The maximum absolute atomic E-state index is 13.1. The Morgan fingerprint density at radius 3 is 2.90 bits per heavy atom. The summed E-state index contributed by atoms with van der Waals surface area (Å²) in [5.74, 6) is -0.288. The summed E-state index contributed by atoms with van der Waals surface area (Å²) >= 11 is 6.12. The van der Waals surface area contributed by atoms with Crippen LogP contribution in [0.5, 0.6) is 0 Å². The highest BCUT2D eigenvalue weighted by Crippen LogP contribution is 2.36. The Kier molecular flexibility index (Phi) is 4.50. The van der Waals surface area contributed by atoms with E-state index in [1.807, 2.05) is 0 Å². The molecule has 3 nitrogen and oxygen atoms in total. The van der Waals surface area contributed by atoms with E-state index in [4.69, 9.17) is 16.3 Å². The number of halogens is 2. The van der Waals surface area contributed by atoms with Crippen molar-refractivity contribution in [3.05, 3.63) is 34.6 Å². The van der Waals surface area contributed by atoms with Gasteiger partial charge in [0.15, 0.2) is 0 Å². The van der Waals surface area contributed by atoms with Gasteiger partial charge < -0.3 is 10.1 Å². The van der Waals surface area contributed by atoms with E-state index < -0.39 is 0 Å². The summed E-state index contributed by atoms with van der Waals surface area (Å²) in [6, 6.07) is 5.02. The minimum absolute atomic E-state index is 0.0662. The van der Waals surface area contributed by atoms with Gasteiger partial charge in [0.25, 0.3) is 0 Å². The van der Waals surface area contributed by atoms with Crippen LogP contribution in [0.25, 0.3) is 0 Å². The van der Waals surface area contributed by atoms with E-state index in [1.165, 1.54) is 12.1 Å². The van der Waals surface area contributed by atoms with Gasteiger partial charge in [-0.3, -0.25) is 4.90 Å². The summed E-state index contributed by atoms with van der Waals surface area (Å²) in [5.41, 5.74) is 1.03. The molecule has 116 valence electrons. The van der Waals surface area contributed by atoms with Gasteiger partial charge in [-0.25, -0.2) is 4.39 Å². The highest BCUT2D eigenvalue weighted by molar-refractivity contribution is 6.31. The van der Waals surface area contributed by atoms with Gasteiger partial charge in [-0.2, -0.15) is 0 Å². The van der Waals surface area contributed by atoms with E-state index in [9.17, 15) is 4.39 Å². The second-order valence-electron chi connectivity index (χ2n) is 6.25. The smallest absolute Gasteiger partial charge is 0.124 e. The van der Waals surface area contributed by atoms with Crippen molar-refractivity contribution >= 4 is 11.6 Å². The van der Waals surface area contributed by atoms with Crippen molar-refractivity contribution in [3.63, 3.8) is 0 Å². The number of likely N-dealkylation sites (N-methyl/N-ethyl adjacent to an activating group) is 1. The Labute approximate surface area is 130 Å². The predicted molar refractivity (Wildman–Crippen MR) is 82.1 cm³/mol. The first-order valence-corrected chi connectivity index (χ1v) is 7.95. The third-order valence-electron chi connectivity index (χ3n) is 4.76. The van der Waals surface area contributed by atoms with Gasteiger partial charge in [0.1, 0.15) is 5.82 Å². The van der Waals surface area contributed by atoms with Crippen molar-refractivity contribution in [2.75, 3.05) is 26.7 Å². The molecule has 1 N–H and O–H groups in total. The van der Waals surface area contributed by atoms with Crippen molar-refractivity contribution in [2.24, 2.45) is 0 Å². The quantitative estimate of drug-likeness (QED) is 0.929. The molecule has 5 heteroatoms. The van der Waals surface area contributed by atoms with Crippen LogP contribution in [0.3, 0.4) is 0 Å². The number of hydrogen-bond acceptors (Lipinski definition) is 3. The Hall–Kier alpha value is -0.680. The molecule has 1 aromatic rings. The summed E-state index contributed by atoms with van der Waals surface area (Å²) in [4.78, 5) is 2.27. The van der Waals surface area contributed by atoms with Gasteiger partial charge in [-0.1, -0.05) is 17.7 Å². The fraction of sp³-hybridized carbons (Fsp3) is 0.625. The standard InChI is InChI=1S/C16H22ClFN2O/c1-20(10-12-2-3-13(18)8-15(12)17)14-9-16(21-11-14)4-6-19-7-5-16/h2-3,8,14,19H,4-7,9-11H2,1H3. The molecule has 2 aliphatic rings. The summed E-state index contributed by atoms with van der Waals surface area (Å²) in [5, 5.41) is 3.88. The lowest BCUT2D eigenvalue weighted by molar-refractivity contribution is -0.0201. The van der Waals surface area contributed by atoms with Crippen molar-refractivity contribution < 1.29 is 9.13 Å². The fourth-order valence-electron chi connectivity index (χ4n) is 3.38. The minimum atomic E-state index is -0.288. The van der Waals surface area contributed by atoms with E-state index in [2.05, 4.69) is 17.3 Å². The van der Waals surface area contributed by atoms with Crippen LogP contribution in [-0.2, 0) is 11.3 Å². The third kappa shape index (κ3) is 3.39. The van der Waals surface area contributed by atoms with Crippen LogP contribution >= 0.6 is 11.6 Å². The van der Waals surface area contributed by atoms with E-state index in [0.29, 0.717) is 11.1 Å². The van der Waals surface area contributed by atoms with Crippen molar-refractivity contribution in [1.29, 1.82) is 0 Å². The molecule has 2 aliphatic heterocycles. The Morgan fingerprint density at radius 2 is 2.19 bits per heavy atom. The molecule has 0 radical (unpaired) electrons. The molecule has 3 rings (SSSR count). The van der Waals surface area contributed by atoms with Gasteiger partial charge in [-0.05, 0) is 57.1 Å². The zero-order valence-electron chi connectivity index (χ0n) is 12.4. The molecule has 0 aromatic heterocycles. The highest BCUT2D eigenvalue weighted by atomic mass is 35.5. The maximum Gasteiger partial charge on any atom is 0.124 e. The van der Waals surface area contributed by atoms with E-state index in [1.54, 1.807) is 6.07 Å². The lowest BCUT2D eigenvalue weighted by Gasteiger charge is -2.33. The number of hydrogen-bond donors (Lipinski definition) is 1. The number of nitrogens with one attached hydrogen (secondary N) is 1. The second-order valence-corrected chi connectivity index (χ2v) is 6.66. The van der Waals surface area contributed by atoms with Crippen molar-refractivity contribution in [1.82, 2.24) is 10.2 Å². The third-order valence-corrected chi connectivity index (χ3v) is 5.11. The molecular weight excluding hydrogens is 291 g/mol. The van der Waals surface area contributed by atoms with Gasteiger partial charge in [0.05, 0.1) is 12.2 Å². The van der Waals surface area contributed by atoms with Crippen LogP contribution in [0, 0.1) is 5.82 Å². The molecule has 2 fully saturated rings. The Morgan fingerprint density at radius 1 is 1.43 bits per heavy atom. The first kappa shape index (κ1) is 15.2. The van der Waals surface area contributed by atoms with Crippen LogP contribution in [0.4, 0.5) is 4.39 Å². The number of nitrogens with zero attached hydrogens (tertiary/aromatic N) is 1. The van der Waals surface area contributed by atoms with E-state index >= 15 is 0 Å². The van der Waals surface area contributed by atoms with Crippen molar-refractivity contribution in [3.8, 4) is 0 Å². The van der Waals surface area contributed by atoms with E-state index in [-0.39, 0.29) is 11.4 Å². The number of ether oxygens (including phenoxy) is 1. The van der Waals surface area contributed by atoms with Gasteiger partial charge in [0.2, 0.25) is 0 Å². The van der Waals surface area contributed by atoms with Gasteiger partial charge in [-0.15, -0.1) is 0 Å². The van der Waals surface area contributed by atoms with Crippen LogP contribution in [0.2, 0.25) is 5.02 Å². The lowest BCUT2D eigenvalue weighted by Crippen LogP contribution is -2.42. The molecule has 2 heterocycles. The van der Waals surface area contributed by atoms with Crippen LogP contribution < -0.4 is 5.32 Å². The average molecular weight is 313 g/mol. The molecule has 2 saturated heterocycles.